The average molecular weight is 227 g/mol. The quantitative estimate of drug-likeness (QED) is 0.857. The first-order valence-electron chi connectivity index (χ1n) is 5.70. The summed E-state index contributed by atoms with van der Waals surface area (Å²) in [6.07, 6.45) is 3.50. The summed E-state index contributed by atoms with van der Waals surface area (Å²) in [5.74, 6) is 0. The lowest BCUT2D eigenvalue weighted by Gasteiger charge is -2.15. The van der Waals surface area contributed by atoms with E-state index in [4.69, 9.17) is 5.73 Å². The Hall–Kier alpha value is -1.74. The molecule has 2 aromatic rings. The molecule has 88 valence electrons. The lowest BCUT2D eigenvalue weighted by atomic mass is 9.96. The molecule has 0 radical (unpaired) electrons. The van der Waals surface area contributed by atoms with Crippen molar-refractivity contribution in [3.8, 4) is 0 Å². The average Bonchev–Trinajstić information content (AvgIpc) is 2.33. The summed E-state index contributed by atoms with van der Waals surface area (Å²) in [7, 11) is 0. The van der Waals surface area contributed by atoms with E-state index in [1.807, 2.05) is 13.0 Å². The van der Waals surface area contributed by atoms with E-state index in [9.17, 15) is 0 Å². The third-order valence-corrected chi connectivity index (χ3v) is 3.10. The maximum Gasteiger partial charge on any atom is 0.0799 e. The smallest absolute Gasteiger partial charge is 0.0799 e. The Bertz CT molecular complexity index is 517. The first-order chi connectivity index (χ1) is 8.09. The second kappa shape index (κ2) is 4.63. The fourth-order valence-electron chi connectivity index (χ4n) is 1.83. The fraction of sp³-hybridized carbons (Fsp3) is 0.286. The summed E-state index contributed by atoms with van der Waals surface area (Å²) in [5.41, 5.74) is 11.5. The molecule has 0 bridgehead atoms. The van der Waals surface area contributed by atoms with Crippen LogP contribution in [-0.2, 0) is 0 Å². The van der Waals surface area contributed by atoms with E-state index < -0.39 is 0 Å². The highest BCUT2D eigenvalue weighted by Gasteiger charge is 2.13. The lowest BCUT2D eigenvalue weighted by molar-refractivity contribution is 0.804. The highest BCUT2D eigenvalue weighted by molar-refractivity contribution is 5.38. The third kappa shape index (κ3) is 2.34. The van der Waals surface area contributed by atoms with Crippen molar-refractivity contribution in [1.29, 1.82) is 0 Å². The topological polar surface area (TPSA) is 51.8 Å². The van der Waals surface area contributed by atoms with Crippen LogP contribution >= 0.6 is 0 Å². The van der Waals surface area contributed by atoms with Crippen LogP contribution in [-0.4, -0.2) is 9.97 Å². The summed E-state index contributed by atoms with van der Waals surface area (Å²) >= 11 is 0. The Morgan fingerprint density at radius 3 is 2.47 bits per heavy atom. The Balaban J connectivity index is 2.40. The minimum Gasteiger partial charge on any atom is -0.319 e. The molecule has 0 saturated heterocycles. The van der Waals surface area contributed by atoms with Crippen LogP contribution in [0.15, 0.2) is 30.6 Å². The van der Waals surface area contributed by atoms with E-state index in [1.54, 1.807) is 12.4 Å². The normalized spacial score (nSPS) is 12.5. The van der Waals surface area contributed by atoms with Crippen molar-refractivity contribution in [3.63, 3.8) is 0 Å². The number of rotatable bonds is 2. The van der Waals surface area contributed by atoms with E-state index in [2.05, 4.69) is 35.9 Å². The van der Waals surface area contributed by atoms with Crippen molar-refractivity contribution in [3.05, 3.63) is 58.7 Å². The standard InChI is InChI=1S/C14H17N3/c1-9-5-4-6-12(11(9)3)14(15)13-8-16-10(2)7-17-13/h4-8,14H,15H2,1-3H3. The molecular weight excluding hydrogens is 210 g/mol. The minimum atomic E-state index is -0.206. The molecule has 0 spiro atoms. The molecule has 0 aliphatic carbocycles. The molecule has 1 aromatic heterocycles. The SMILES string of the molecule is Cc1cnc(C(N)c2cccc(C)c2C)cn1. The molecule has 1 heterocycles. The van der Waals surface area contributed by atoms with E-state index in [0.717, 1.165) is 17.0 Å². The molecule has 0 fully saturated rings. The molecule has 1 atom stereocenters. The van der Waals surface area contributed by atoms with Gasteiger partial charge in [0, 0.05) is 6.20 Å². The van der Waals surface area contributed by atoms with Crippen LogP contribution in [0.2, 0.25) is 0 Å². The van der Waals surface area contributed by atoms with E-state index >= 15 is 0 Å². The molecule has 2 rings (SSSR count). The number of benzene rings is 1. The predicted molar refractivity (Wildman–Crippen MR) is 68.7 cm³/mol. The zero-order valence-corrected chi connectivity index (χ0v) is 10.4. The summed E-state index contributed by atoms with van der Waals surface area (Å²) in [6.45, 7) is 6.10. The van der Waals surface area contributed by atoms with Crippen LogP contribution in [0.5, 0.6) is 0 Å². The molecule has 0 aliphatic heterocycles. The number of nitrogens with two attached hydrogens (primary N) is 1. The van der Waals surface area contributed by atoms with Gasteiger partial charge in [-0.15, -0.1) is 0 Å². The van der Waals surface area contributed by atoms with Crippen LogP contribution in [0.1, 0.15) is 34.1 Å². The van der Waals surface area contributed by atoms with Gasteiger partial charge in [-0.2, -0.15) is 0 Å². The van der Waals surface area contributed by atoms with Crippen molar-refractivity contribution in [2.24, 2.45) is 5.73 Å². The Morgan fingerprint density at radius 2 is 1.82 bits per heavy atom. The largest absolute Gasteiger partial charge is 0.319 e. The highest BCUT2D eigenvalue weighted by atomic mass is 14.8. The maximum absolute atomic E-state index is 6.23. The van der Waals surface area contributed by atoms with Gasteiger partial charge in [0.1, 0.15) is 0 Å². The van der Waals surface area contributed by atoms with Gasteiger partial charge in [0.25, 0.3) is 0 Å². The number of nitrogens with zero attached hydrogens (tertiary/aromatic N) is 2. The zero-order chi connectivity index (χ0) is 12.4. The number of aryl methyl sites for hydroxylation is 2. The third-order valence-electron chi connectivity index (χ3n) is 3.10. The van der Waals surface area contributed by atoms with Gasteiger partial charge in [-0.3, -0.25) is 9.97 Å². The van der Waals surface area contributed by atoms with E-state index in [0.29, 0.717) is 0 Å². The molecule has 0 saturated carbocycles. The minimum absolute atomic E-state index is 0.206. The molecule has 1 aromatic carbocycles. The van der Waals surface area contributed by atoms with Crippen molar-refractivity contribution in [2.75, 3.05) is 0 Å². The zero-order valence-electron chi connectivity index (χ0n) is 10.4. The van der Waals surface area contributed by atoms with E-state index in [-0.39, 0.29) is 6.04 Å². The van der Waals surface area contributed by atoms with Crippen molar-refractivity contribution in [1.82, 2.24) is 9.97 Å². The highest BCUT2D eigenvalue weighted by Crippen LogP contribution is 2.22. The van der Waals surface area contributed by atoms with Crippen LogP contribution in [0.4, 0.5) is 0 Å². The first kappa shape index (κ1) is 11.7. The second-order valence-corrected chi connectivity index (χ2v) is 4.35. The van der Waals surface area contributed by atoms with Gasteiger partial charge in [0.15, 0.2) is 0 Å². The summed E-state index contributed by atoms with van der Waals surface area (Å²) in [5, 5.41) is 0. The Morgan fingerprint density at radius 1 is 1.06 bits per heavy atom. The van der Waals surface area contributed by atoms with Crippen LogP contribution in [0, 0.1) is 20.8 Å². The Kier molecular flexibility index (Phi) is 3.20. The summed E-state index contributed by atoms with van der Waals surface area (Å²) < 4.78 is 0. The van der Waals surface area contributed by atoms with Crippen LogP contribution in [0.25, 0.3) is 0 Å². The number of hydrogen-bond donors (Lipinski definition) is 1. The van der Waals surface area contributed by atoms with Crippen molar-refractivity contribution >= 4 is 0 Å². The molecule has 0 aliphatic rings. The molecule has 1 unspecified atom stereocenters. The molecule has 17 heavy (non-hydrogen) atoms. The van der Waals surface area contributed by atoms with Gasteiger partial charge in [0.05, 0.1) is 23.6 Å². The molecule has 2 N–H and O–H groups in total. The number of aromatic nitrogens is 2. The predicted octanol–water partition coefficient (Wildman–Crippen LogP) is 2.45. The lowest BCUT2D eigenvalue weighted by Crippen LogP contribution is -2.15. The monoisotopic (exact) mass is 227 g/mol. The molecular formula is C14H17N3. The van der Waals surface area contributed by atoms with Crippen LogP contribution < -0.4 is 5.73 Å². The summed E-state index contributed by atoms with van der Waals surface area (Å²) in [6, 6.07) is 5.96. The van der Waals surface area contributed by atoms with Gasteiger partial charge in [-0.25, -0.2) is 0 Å². The Labute approximate surface area is 102 Å². The second-order valence-electron chi connectivity index (χ2n) is 4.35. The van der Waals surface area contributed by atoms with Gasteiger partial charge in [0.2, 0.25) is 0 Å². The van der Waals surface area contributed by atoms with Crippen molar-refractivity contribution < 1.29 is 0 Å². The number of hydrogen-bond acceptors (Lipinski definition) is 3. The fourth-order valence-corrected chi connectivity index (χ4v) is 1.83. The van der Waals surface area contributed by atoms with E-state index in [1.165, 1.54) is 11.1 Å². The first-order valence-corrected chi connectivity index (χ1v) is 5.70. The molecule has 3 heteroatoms. The van der Waals surface area contributed by atoms with Gasteiger partial charge in [-0.05, 0) is 37.5 Å². The molecule has 0 amide bonds. The summed E-state index contributed by atoms with van der Waals surface area (Å²) in [4.78, 5) is 8.57. The van der Waals surface area contributed by atoms with Crippen molar-refractivity contribution in [2.45, 2.75) is 26.8 Å². The maximum atomic E-state index is 6.23. The van der Waals surface area contributed by atoms with Gasteiger partial charge in [-0.1, -0.05) is 18.2 Å². The van der Waals surface area contributed by atoms with Gasteiger partial charge >= 0.3 is 0 Å². The molecule has 3 nitrogen and oxygen atoms in total. The van der Waals surface area contributed by atoms with Crippen LogP contribution in [0.3, 0.4) is 0 Å². The van der Waals surface area contributed by atoms with Gasteiger partial charge < -0.3 is 5.73 Å².